The molecule has 0 saturated heterocycles. The molecule has 0 aliphatic rings. The lowest BCUT2D eigenvalue weighted by atomic mass is 10.0. The van der Waals surface area contributed by atoms with Gasteiger partial charge in [-0.2, -0.15) is 5.10 Å². The molecule has 0 amide bonds. The van der Waals surface area contributed by atoms with Crippen molar-refractivity contribution in [1.82, 2.24) is 9.78 Å². The van der Waals surface area contributed by atoms with E-state index in [4.69, 9.17) is 4.74 Å². The van der Waals surface area contributed by atoms with Crippen LogP contribution >= 0.6 is 0 Å². The van der Waals surface area contributed by atoms with E-state index in [2.05, 4.69) is 12.0 Å². The van der Waals surface area contributed by atoms with Crippen LogP contribution in [0, 0.1) is 6.92 Å². The number of benzene rings is 1. The molecule has 2 aromatic rings. The van der Waals surface area contributed by atoms with Crippen LogP contribution in [-0.2, 0) is 19.9 Å². The molecule has 0 radical (unpaired) electrons. The molecule has 4 nitrogen and oxygen atoms in total. The predicted octanol–water partition coefficient (Wildman–Crippen LogP) is 2.72. The summed E-state index contributed by atoms with van der Waals surface area (Å²) in [5.41, 5.74) is 3.63. The largest absolute Gasteiger partial charge is 0.496 e. The molecule has 20 heavy (non-hydrogen) atoms. The van der Waals surface area contributed by atoms with Crippen LogP contribution in [0.2, 0.25) is 0 Å². The zero-order valence-corrected chi connectivity index (χ0v) is 12.4. The van der Waals surface area contributed by atoms with Crippen LogP contribution in [0.3, 0.4) is 0 Å². The highest BCUT2D eigenvalue weighted by Gasteiger charge is 2.15. The molecule has 0 N–H and O–H groups in total. The van der Waals surface area contributed by atoms with Crippen molar-refractivity contribution < 1.29 is 9.53 Å². The Hall–Kier alpha value is -2.10. The molecular weight excluding hydrogens is 252 g/mol. The standard InChI is InChI=1S/C16H20N2O2/c1-5-12-9-13(18(3)17-12)10-15(19)14-7-6-11(2)8-16(14)20-4/h6-9H,5,10H2,1-4H3. The fourth-order valence-corrected chi connectivity index (χ4v) is 2.20. The second-order valence-corrected chi connectivity index (χ2v) is 4.91. The first-order valence-electron chi connectivity index (χ1n) is 6.74. The van der Waals surface area contributed by atoms with Crippen LogP contribution in [0.5, 0.6) is 5.75 Å². The lowest BCUT2D eigenvalue weighted by Crippen LogP contribution is -2.09. The number of ketones is 1. The van der Waals surface area contributed by atoms with Gasteiger partial charge in [0.1, 0.15) is 5.75 Å². The molecule has 1 heterocycles. The summed E-state index contributed by atoms with van der Waals surface area (Å²) in [6.07, 6.45) is 1.21. The Bertz CT molecular complexity index is 629. The fourth-order valence-electron chi connectivity index (χ4n) is 2.20. The molecule has 106 valence electrons. The fraction of sp³-hybridized carbons (Fsp3) is 0.375. The van der Waals surface area contributed by atoms with E-state index in [9.17, 15) is 4.79 Å². The van der Waals surface area contributed by atoms with Gasteiger partial charge in [0.15, 0.2) is 5.78 Å². The molecule has 0 unspecified atom stereocenters. The van der Waals surface area contributed by atoms with Crippen LogP contribution in [0.25, 0.3) is 0 Å². The number of methoxy groups -OCH3 is 1. The van der Waals surface area contributed by atoms with E-state index in [1.54, 1.807) is 11.8 Å². The van der Waals surface area contributed by atoms with Crippen molar-refractivity contribution in [1.29, 1.82) is 0 Å². The first kappa shape index (κ1) is 14.3. The van der Waals surface area contributed by atoms with E-state index >= 15 is 0 Å². The number of aryl methyl sites for hydroxylation is 3. The molecule has 4 heteroatoms. The Morgan fingerprint density at radius 1 is 1.35 bits per heavy atom. The number of hydrogen-bond acceptors (Lipinski definition) is 3. The minimum absolute atomic E-state index is 0.0486. The molecule has 0 fully saturated rings. The van der Waals surface area contributed by atoms with Crippen molar-refractivity contribution in [3.63, 3.8) is 0 Å². The van der Waals surface area contributed by atoms with Crippen molar-refractivity contribution in [3.05, 3.63) is 46.8 Å². The quantitative estimate of drug-likeness (QED) is 0.786. The van der Waals surface area contributed by atoms with Gasteiger partial charge in [-0.05, 0) is 37.1 Å². The van der Waals surface area contributed by atoms with Crippen molar-refractivity contribution in [2.45, 2.75) is 26.7 Å². The number of carbonyl (C=O) groups excluding carboxylic acids is 1. The summed E-state index contributed by atoms with van der Waals surface area (Å²) < 4.78 is 7.07. The maximum absolute atomic E-state index is 12.4. The Kier molecular flexibility index (Phi) is 4.23. The molecule has 1 aromatic carbocycles. The van der Waals surface area contributed by atoms with Crippen molar-refractivity contribution in [2.24, 2.45) is 7.05 Å². The summed E-state index contributed by atoms with van der Waals surface area (Å²) in [6.45, 7) is 4.03. The van der Waals surface area contributed by atoms with E-state index in [1.807, 2.05) is 38.2 Å². The van der Waals surface area contributed by atoms with Gasteiger partial charge >= 0.3 is 0 Å². The summed E-state index contributed by atoms with van der Waals surface area (Å²) in [4.78, 5) is 12.4. The molecule has 0 atom stereocenters. The second kappa shape index (κ2) is 5.90. The van der Waals surface area contributed by atoms with Gasteiger partial charge in [-0.3, -0.25) is 9.48 Å². The minimum Gasteiger partial charge on any atom is -0.496 e. The van der Waals surface area contributed by atoms with Gasteiger partial charge in [-0.25, -0.2) is 0 Å². The third-order valence-corrected chi connectivity index (χ3v) is 3.39. The van der Waals surface area contributed by atoms with E-state index < -0.39 is 0 Å². The van der Waals surface area contributed by atoms with E-state index in [0.717, 1.165) is 23.4 Å². The highest BCUT2D eigenvalue weighted by Crippen LogP contribution is 2.22. The third-order valence-electron chi connectivity index (χ3n) is 3.39. The maximum atomic E-state index is 12.4. The molecule has 0 bridgehead atoms. The van der Waals surface area contributed by atoms with Gasteiger partial charge in [0.05, 0.1) is 24.8 Å². The Labute approximate surface area is 119 Å². The number of rotatable bonds is 5. The normalized spacial score (nSPS) is 10.6. The Morgan fingerprint density at radius 2 is 2.10 bits per heavy atom. The molecule has 1 aromatic heterocycles. The van der Waals surface area contributed by atoms with E-state index in [1.165, 1.54) is 0 Å². The van der Waals surface area contributed by atoms with Crippen LogP contribution < -0.4 is 4.74 Å². The molecule has 0 spiro atoms. The topological polar surface area (TPSA) is 44.1 Å². The van der Waals surface area contributed by atoms with Gasteiger partial charge in [0.25, 0.3) is 0 Å². The number of ether oxygens (including phenoxy) is 1. The molecule has 0 saturated carbocycles. The average molecular weight is 272 g/mol. The highest BCUT2D eigenvalue weighted by atomic mass is 16.5. The summed E-state index contributed by atoms with van der Waals surface area (Å²) in [5, 5.41) is 4.37. The number of nitrogens with zero attached hydrogens (tertiary/aromatic N) is 2. The Morgan fingerprint density at radius 3 is 2.70 bits per heavy atom. The summed E-state index contributed by atoms with van der Waals surface area (Å²) >= 11 is 0. The van der Waals surface area contributed by atoms with Crippen LogP contribution in [0.4, 0.5) is 0 Å². The minimum atomic E-state index is 0.0486. The van der Waals surface area contributed by atoms with Gasteiger partial charge in [0.2, 0.25) is 0 Å². The number of carbonyl (C=O) groups is 1. The number of Topliss-reactive ketones (excluding diaryl/α,β-unsaturated/α-hetero) is 1. The lowest BCUT2D eigenvalue weighted by Gasteiger charge is -2.08. The van der Waals surface area contributed by atoms with E-state index in [0.29, 0.717) is 17.7 Å². The number of aromatic nitrogens is 2. The SMILES string of the molecule is CCc1cc(CC(=O)c2ccc(C)cc2OC)n(C)n1. The van der Waals surface area contributed by atoms with Gasteiger partial charge in [-0.1, -0.05) is 13.0 Å². The zero-order valence-electron chi connectivity index (χ0n) is 12.4. The smallest absolute Gasteiger partial charge is 0.172 e. The Balaban J connectivity index is 2.25. The van der Waals surface area contributed by atoms with Crippen LogP contribution in [0.15, 0.2) is 24.3 Å². The summed E-state index contributed by atoms with van der Waals surface area (Å²) in [6, 6.07) is 7.62. The molecule has 2 rings (SSSR count). The third kappa shape index (κ3) is 2.90. The van der Waals surface area contributed by atoms with Crippen LogP contribution in [-0.4, -0.2) is 22.7 Å². The zero-order chi connectivity index (χ0) is 14.7. The van der Waals surface area contributed by atoms with E-state index in [-0.39, 0.29) is 5.78 Å². The lowest BCUT2D eigenvalue weighted by molar-refractivity contribution is 0.0988. The van der Waals surface area contributed by atoms with Gasteiger partial charge in [0, 0.05) is 12.7 Å². The van der Waals surface area contributed by atoms with Gasteiger partial charge in [-0.15, -0.1) is 0 Å². The first-order valence-corrected chi connectivity index (χ1v) is 6.74. The monoisotopic (exact) mass is 272 g/mol. The summed E-state index contributed by atoms with van der Waals surface area (Å²) in [7, 11) is 3.46. The van der Waals surface area contributed by atoms with Gasteiger partial charge < -0.3 is 4.74 Å². The van der Waals surface area contributed by atoms with Crippen molar-refractivity contribution >= 4 is 5.78 Å². The maximum Gasteiger partial charge on any atom is 0.172 e. The van der Waals surface area contributed by atoms with Crippen molar-refractivity contribution in [2.75, 3.05) is 7.11 Å². The molecular formula is C16H20N2O2. The molecule has 0 aliphatic heterocycles. The number of hydrogen-bond donors (Lipinski definition) is 0. The first-order chi connectivity index (χ1) is 9.55. The van der Waals surface area contributed by atoms with Crippen LogP contribution in [0.1, 0.15) is 34.2 Å². The highest BCUT2D eigenvalue weighted by molar-refractivity contribution is 5.99. The molecule has 0 aliphatic carbocycles. The van der Waals surface area contributed by atoms with Crippen molar-refractivity contribution in [3.8, 4) is 5.75 Å². The second-order valence-electron chi connectivity index (χ2n) is 4.91. The predicted molar refractivity (Wildman–Crippen MR) is 78.4 cm³/mol. The average Bonchev–Trinajstić information content (AvgIpc) is 2.79. The summed E-state index contributed by atoms with van der Waals surface area (Å²) in [5.74, 6) is 0.681.